The average molecular weight is 843 g/mol. The number of aromatic nitrogens is 1. The third-order valence-electron chi connectivity index (χ3n) is 13.5. The van der Waals surface area contributed by atoms with Crippen LogP contribution in [-0.4, -0.2) is 4.57 Å². The van der Waals surface area contributed by atoms with Gasteiger partial charge in [0.25, 0.3) is 0 Å². The van der Waals surface area contributed by atoms with Gasteiger partial charge in [-0.2, -0.15) is 0 Å². The highest BCUT2D eigenvalue weighted by molar-refractivity contribution is 6.21. The number of hydrogen-bond acceptors (Lipinski definition) is 3. The smallest absolute Gasteiger partial charge is 0.143 e. The summed E-state index contributed by atoms with van der Waals surface area (Å²) >= 11 is 0. The summed E-state index contributed by atoms with van der Waals surface area (Å²) in [6.45, 7) is 0. The maximum Gasteiger partial charge on any atom is 0.143 e. The monoisotopic (exact) mass is 842 g/mol. The maximum absolute atomic E-state index is 6.60. The SMILES string of the molecule is c1ccc(-c2cccc(-n3c4ccc(-c5ccc(N(c6ccc7ccccc7c6)c6ccc7c(c6)oc6ccccc67)cc5)cc4c4cc5ccc6c7ccccc7oc6c5cc43)c2)cc1. The van der Waals surface area contributed by atoms with Gasteiger partial charge in [-0.3, -0.25) is 0 Å². The molecule has 0 atom stereocenters. The summed E-state index contributed by atoms with van der Waals surface area (Å²) in [5, 5.41) is 11.5. The molecule has 0 aliphatic rings. The van der Waals surface area contributed by atoms with E-state index in [0.29, 0.717) is 0 Å². The van der Waals surface area contributed by atoms with Gasteiger partial charge < -0.3 is 18.3 Å². The Labute approximate surface area is 379 Å². The lowest BCUT2D eigenvalue weighted by molar-refractivity contribution is 0.669. The fraction of sp³-hybridized carbons (Fsp3) is 0. The van der Waals surface area contributed by atoms with E-state index in [0.717, 1.165) is 99.6 Å². The van der Waals surface area contributed by atoms with Crippen LogP contribution in [0.4, 0.5) is 17.1 Å². The Morgan fingerprint density at radius 3 is 1.76 bits per heavy atom. The largest absolute Gasteiger partial charge is 0.456 e. The van der Waals surface area contributed by atoms with Crippen LogP contribution in [0.25, 0.3) is 115 Å². The minimum Gasteiger partial charge on any atom is -0.456 e. The number of nitrogens with zero attached hydrogens (tertiary/aromatic N) is 2. The molecule has 0 aliphatic heterocycles. The summed E-state index contributed by atoms with van der Waals surface area (Å²) in [5.41, 5.74) is 14.8. The molecule has 14 rings (SSSR count). The standard InChI is InChI=1S/C62H38N2O2/c1-2-11-39(12-3-1)43-15-10-16-47(33-43)64-57-32-25-44(35-55(57)56-36-45-24-30-53-51-18-7-9-20-60(51)66-62(53)54(45)38-58(56)64)41-21-26-46(27-22-41)63(48-28-23-40-13-4-5-14-42(40)34-48)49-29-31-52-50-17-6-8-19-59(50)65-61(52)37-49/h1-38H. The van der Waals surface area contributed by atoms with E-state index in [-0.39, 0.29) is 0 Å². The molecular weight excluding hydrogens is 805 g/mol. The van der Waals surface area contributed by atoms with Crippen LogP contribution in [0.15, 0.2) is 239 Å². The molecule has 308 valence electrons. The zero-order valence-electron chi connectivity index (χ0n) is 35.7. The van der Waals surface area contributed by atoms with Crippen molar-refractivity contribution in [3.8, 4) is 27.9 Å². The van der Waals surface area contributed by atoms with Crippen molar-refractivity contribution in [1.82, 2.24) is 4.57 Å². The van der Waals surface area contributed by atoms with Crippen LogP contribution in [-0.2, 0) is 0 Å². The molecule has 3 aromatic heterocycles. The first-order valence-corrected chi connectivity index (χ1v) is 22.5. The van der Waals surface area contributed by atoms with E-state index in [1.54, 1.807) is 0 Å². The van der Waals surface area contributed by atoms with E-state index >= 15 is 0 Å². The Morgan fingerprint density at radius 1 is 0.288 bits per heavy atom. The third-order valence-corrected chi connectivity index (χ3v) is 13.5. The Hall–Kier alpha value is -8.86. The topological polar surface area (TPSA) is 34.5 Å². The molecule has 0 spiro atoms. The van der Waals surface area contributed by atoms with E-state index in [2.05, 4.69) is 222 Å². The molecule has 0 unspecified atom stereocenters. The van der Waals surface area contributed by atoms with Crippen LogP contribution >= 0.6 is 0 Å². The van der Waals surface area contributed by atoms with Crippen LogP contribution < -0.4 is 4.90 Å². The van der Waals surface area contributed by atoms with E-state index < -0.39 is 0 Å². The van der Waals surface area contributed by atoms with Crippen molar-refractivity contribution in [3.05, 3.63) is 231 Å². The van der Waals surface area contributed by atoms with Crippen molar-refractivity contribution >= 4 is 104 Å². The van der Waals surface area contributed by atoms with Gasteiger partial charge in [0.2, 0.25) is 0 Å². The lowest BCUT2D eigenvalue weighted by Gasteiger charge is -2.26. The molecule has 0 saturated carbocycles. The molecule has 4 heteroatoms. The van der Waals surface area contributed by atoms with Crippen molar-refractivity contribution in [3.63, 3.8) is 0 Å². The number of anilines is 3. The molecule has 66 heavy (non-hydrogen) atoms. The van der Waals surface area contributed by atoms with Gasteiger partial charge in [-0.05, 0) is 129 Å². The highest BCUT2D eigenvalue weighted by Gasteiger charge is 2.20. The number of hydrogen-bond donors (Lipinski definition) is 0. The molecule has 0 saturated heterocycles. The van der Waals surface area contributed by atoms with Crippen molar-refractivity contribution < 1.29 is 8.83 Å². The summed E-state index contributed by atoms with van der Waals surface area (Å²) in [5.74, 6) is 0. The summed E-state index contributed by atoms with van der Waals surface area (Å²) in [6.07, 6.45) is 0. The lowest BCUT2D eigenvalue weighted by Crippen LogP contribution is -2.09. The summed E-state index contributed by atoms with van der Waals surface area (Å²) < 4.78 is 15.4. The average Bonchev–Trinajstić information content (AvgIpc) is 4.05. The van der Waals surface area contributed by atoms with Crippen LogP contribution in [0.3, 0.4) is 0 Å². The van der Waals surface area contributed by atoms with Gasteiger partial charge in [-0.25, -0.2) is 0 Å². The zero-order valence-corrected chi connectivity index (χ0v) is 35.7. The number of fused-ring (bicyclic) bond motifs is 12. The van der Waals surface area contributed by atoms with Gasteiger partial charge in [-0.1, -0.05) is 133 Å². The van der Waals surface area contributed by atoms with Gasteiger partial charge in [0.15, 0.2) is 0 Å². The van der Waals surface area contributed by atoms with Gasteiger partial charge in [0, 0.05) is 66.5 Å². The Morgan fingerprint density at radius 2 is 0.894 bits per heavy atom. The van der Waals surface area contributed by atoms with Gasteiger partial charge in [0.1, 0.15) is 22.3 Å². The third kappa shape index (κ3) is 5.72. The summed E-state index contributed by atoms with van der Waals surface area (Å²) in [4.78, 5) is 2.33. The fourth-order valence-electron chi connectivity index (χ4n) is 10.4. The molecule has 0 bridgehead atoms. The molecule has 0 radical (unpaired) electrons. The van der Waals surface area contributed by atoms with Gasteiger partial charge >= 0.3 is 0 Å². The van der Waals surface area contributed by atoms with Crippen LogP contribution in [0.2, 0.25) is 0 Å². The molecule has 0 aliphatic carbocycles. The maximum atomic E-state index is 6.60. The number of para-hydroxylation sites is 2. The Balaban J connectivity index is 0.928. The molecule has 0 fully saturated rings. The summed E-state index contributed by atoms with van der Waals surface area (Å²) in [7, 11) is 0. The highest BCUT2D eigenvalue weighted by Crippen LogP contribution is 2.43. The highest BCUT2D eigenvalue weighted by atomic mass is 16.3. The van der Waals surface area contributed by atoms with Crippen molar-refractivity contribution in [2.24, 2.45) is 0 Å². The van der Waals surface area contributed by atoms with Gasteiger partial charge in [0.05, 0.1) is 11.0 Å². The predicted octanol–water partition coefficient (Wildman–Crippen LogP) is 17.7. The lowest BCUT2D eigenvalue weighted by atomic mass is 10.00. The van der Waals surface area contributed by atoms with Crippen molar-refractivity contribution in [2.45, 2.75) is 0 Å². The molecule has 3 heterocycles. The fourth-order valence-corrected chi connectivity index (χ4v) is 10.4. The molecular formula is C62H38N2O2. The second-order valence-corrected chi connectivity index (χ2v) is 17.3. The van der Waals surface area contributed by atoms with E-state index in [1.807, 2.05) is 18.2 Å². The Bertz CT molecular complexity index is 4230. The Kier molecular flexibility index (Phi) is 7.95. The van der Waals surface area contributed by atoms with E-state index in [1.165, 1.54) is 32.7 Å². The van der Waals surface area contributed by atoms with Crippen LogP contribution in [0, 0.1) is 0 Å². The van der Waals surface area contributed by atoms with Crippen molar-refractivity contribution in [2.75, 3.05) is 4.90 Å². The number of rotatable bonds is 6. The zero-order chi connectivity index (χ0) is 43.3. The second-order valence-electron chi connectivity index (χ2n) is 17.3. The number of furan rings is 2. The quantitative estimate of drug-likeness (QED) is 0.167. The summed E-state index contributed by atoms with van der Waals surface area (Å²) in [6, 6.07) is 82.9. The number of benzene rings is 11. The van der Waals surface area contributed by atoms with E-state index in [9.17, 15) is 0 Å². The predicted molar refractivity (Wildman–Crippen MR) is 276 cm³/mol. The van der Waals surface area contributed by atoms with Gasteiger partial charge in [-0.15, -0.1) is 0 Å². The van der Waals surface area contributed by atoms with Crippen molar-refractivity contribution in [1.29, 1.82) is 0 Å². The molecule has 4 nitrogen and oxygen atoms in total. The van der Waals surface area contributed by atoms with E-state index in [4.69, 9.17) is 8.83 Å². The first-order chi connectivity index (χ1) is 32.7. The molecule has 0 amide bonds. The minimum atomic E-state index is 0.866. The van der Waals surface area contributed by atoms with Crippen LogP contribution in [0.1, 0.15) is 0 Å². The second kappa shape index (κ2) is 14.3. The molecule has 14 aromatic rings. The normalized spacial score (nSPS) is 11.9. The minimum absolute atomic E-state index is 0.866. The first-order valence-electron chi connectivity index (χ1n) is 22.5. The molecule has 11 aromatic carbocycles. The first kappa shape index (κ1) is 36.6. The van der Waals surface area contributed by atoms with Crippen LogP contribution in [0.5, 0.6) is 0 Å². The molecule has 0 N–H and O–H groups in total.